The Morgan fingerprint density at radius 2 is 1.69 bits per heavy atom. The van der Waals surface area contributed by atoms with Gasteiger partial charge in [0, 0.05) is 23.7 Å². The molecule has 0 spiro atoms. The van der Waals surface area contributed by atoms with E-state index in [9.17, 15) is 19.3 Å². The first-order chi connectivity index (χ1) is 13.9. The highest BCUT2D eigenvalue weighted by atomic mass is 19.1. The number of aryl methyl sites for hydroxylation is 1. The van der Waals surface area contributed by atoms with E-state index in [1.165, 1.54) is 30.3 Å². The molecule has 0 aromatic heterocycles. The number of halogens is 1. The number of benzene rings is 3. The molecule has 0 saturated carbocycles. The van der Waals surface area contributed by atoms with Crippen LogP contribution in [-0.2, 0) is 13.2 Å². The molecule has 29 heavy (non-hydrogen) atoms. The third kappa shape index (κ3) is 5.38. The minimum atomic E-state index is -0.475. The zero-order valence-corrected chi connectivity index (χ0v) is 15.7. The fourth-order valence-corrected chi connectivity index (χ4v) is 2.74. The van der Waals surface area contributed by atoms with Crippen LogP contribution in [0.5, 0.6) is 5.75 Å². The molecule has 0 heterocycles. The Hall–Kier alpha value is -3.74. The van der Waals surface area contributed by atoms with Gasteiger partial charge in [0.25, 0.3) is 11.6 Å². The average Bonchev–Trinajstić information content (AvgIpc) is 2.72. The summed E-state index contributed by atoms with van der Waals surface area (Å²) in [6.07, 6.45) is 0. The molecule has 0 radical (unpaired) electrons. The average molecular weight is 394 g/mol. The lowest BCUT2D eigenvalue weighted by Crippen LogP contribution is -2.22. The van der Waals surface area contributed by atoms with E-state index in [0.717, 1.165) is 11.1 Å². The Morgan fingerprint density at radius 3 is 2.31 bits per heavy atom. The van der Waals surface area contributed by atoms with E-state index in [1.54, 1.807) is 31.2 Å². The van der Waals surface area contributed by atoms with Gasteiger partial charge in [0.1, 0.15) is 18.2 Å². The van der Waals surface area contributed by atoms with E-state index in [2.05, 4.69) is 5.32 Å². The van der Waals surface area contributed by atoms with E-state index < -0.39 is 4.92 Å². The van der Waals surface area contributed by atoms with Crippen molar-refractivity contribution < 1.29 is 18.8 Å². The number of nitrogens with one attached hydrogen (secondary N) is 1. The van der Waals surface area contributed by atoms with Gasteiger partial charge in [-0.2, -0.15) is 0 Å². The summed E-state index contributed by atoms with van der Waals surface area (Å²) in [5.74, 6) is 0.0686. The Morgan fingerprint density at radius 1 is 1.03 bits per heavy atom. The maximum absolute atomic E-state index is 12.9. The monoisotopic (exact) mass is 394 g/mol. The van der Waals surface area contributed by atoms with Gasteiger partial charge in [0.15, 0.2) is 0 Å². The number of nitro benzene ring substituents is 1. The molecule has 7 heteroatoms. The summed E-state index contributed by atoms with van der Waals surface area (Å²) < 4.78 is 18.6. The summed E-state index contributed by atoms with van der Waals surface area (Å²) in [5, 5.41) is 13.7. The van der Waals surface area contributed by atoms with Gasteiger partial charge in [-0.05, 0) is 54.4 Å². The van der Waals surface area contributed by atoms with Crippen molar-refractivity contribution >= 4 is 11.6 Å². The van der Waals surface area contributed by atoms with E-state index in [4.69, 9.17) is 4.74 Å². The summed E-state index contributed by atoms with van der Waals surface area (Å²) in [4.78, 5) is 22.7. The number of nitro groups is 1. The lowest BCUT2D eigenvalue weighted by molar-refractivity contribution is -0.385. The first kappa shape index (κ1) is 20.0. The van der Waals surface area contributed by atoms with Gasteiger partial charge in [-0.1, -0.05) is 24.3 Å². The fraction of sp³-hybridized carbons (Fsp3) is 0.136. The molecular formula is C22H19FN2O4. The number of ether oxygens (including phenoxy) is 1. The predicted octanol–water partition coefficient (Wildman–Crippen LogP) is 4.55. The highest BCUT2D eigenvalue weighted by Gasteiger charge is 2.13. The van der Waals surface area contributed by atoms with Crippen LogP contribution in [0.2, 0.25) is 0 Å². The van der Waals surface area contributed by atoms with Crippen molar-refractivity contribution in [3.63, 3.8) is 0 Å². The number of carbonyl (C=O) groups excluding carboxylic acids is 1. The lowest BCUT2D eigenvalue weighted by atomic mass is 10.1. The molecule has 3 aromatic rings. The maximum Gasteiger partial charge on any atom is 0.272 e. The SMILES string of the molecule is Cc1cc(C(=O)NCc2ccc(OCc3ccc(F)cc3)cc2)ccc1[N+](=O)[O-]. The zero-order chi connectivity index (χ0) is 20.8. The second kappa shape index (κ2) is 8.97. The molecule has 0 bridgehead atoms. The van der Waals surface area contributed by atoms with Gasteiger partial charge >= 0.3 is 0 Å². The normalized spacial score (nSPS) is 10.4. The van der Waals surface area contributed by atoms with Crippen LogP contribution in [-0.4, -0.2) is 10.8 Å². The van der Waals surface area contributed by atoms with Crippen LogP contribution in [0.25, 0.3) is 0 Å². The van der Waals surface area contributed by atoms with Gasteiger partial charge in [-0.3, -0.25) is 14.9 Å². The van der Waals surface area contributed by atoms with Crippen molar-refractivity contribution in [2.24, 2.45) is 0 Å². The van der Waals surface area contributed by atoms with Crippen molar-refractivity contribution in [3.05, 3.63) is 105 Å². The van der Waals surface area contributed by atoms with E-state index in [-0.39, 0.29) is 17.4 Å². The Kier molecular flexibility index (Phi) is 6.19. The third-order valence-electron chi connectivity index (χ3n) is 4.35. The van der Waals surface area contributed by atoms with Gasteiger partial charge < -0.3 is 10.1 Å². The summed E-state index contributed by atoms with van der Waals surface area (Å²) in [7, 11) is 0. The third-order valence-corrected chi connectivity index (χ3v) is 4.35. The van der Waals surface area contributed by atoms with Crippen molar-refractivity contribution in [3.8, 4) is 5.75 Å². The van der Waals surface area contributed by atoms with E-state index in [1.807, 2.05) is 12.1 Å². The second-order valence-corrected chi connectivity index (χ2v) is 6.50. The number of carbonyl (C=O) groups is 1. The molecule has 0 aliphatic carbocycles. The molecular weight excluding hydrogens is 375 g/mol. The number of nitrogens with zero attached hydrogens (tertiary/aromatic N) is 1. The molecule has 0 atom stereocenters. The standard InChI is InChI=1S/C22H19FN2O4/c1-15-12-18(6-11-21(15)25(27)28)22(26)24-13-16-4-9-20(10-5-16)29-14-17-2-7-19(23)8-3-17/h2-12H,13-14H2,1H3,(H,24,26). The maximum atomic E-state index is 12.9. The van der Waals surface area contributed by atoms with Gasteiger partial charge in [-0.25, -0.2) is 4.39 Å². The summed E-state index contributed by atoms with van der Waals surface area (Å²) in [6.45, 7) is 2.24. The highest BCUT2D eigenvalue weighted by molar-refractivity contribution is 5.94. The van der Waals surface area contributed by atoms with Crippen LogP contribution in [0, 0.1) is 22.9 Å². The Balaban J connectivity index is 1.53. The zero-order valence-electron chi connectivity index (χ0n) is 15.7. The first-order valence-corrected chi connectivity index (χ1v) is 8.92. The van der Waals surface area contributed by atoms with Crippen LogP contribution in [0.15, 0.2) is 66.7 Å². The fourth-order valence-electron chi connectivity index (χ4n) is 2.74. The highest BCUT2D eigenvalue weighted by Crippen LogP contribution is 2.19. The molecule has 0 saturated heterocycles. The molecule has 0 aliphatic rings. The van der Waals surface area contributed by atoms with Crippen LogP contribution >= 0.6 is 0 Å². The lowest BCUT2D eigenvalue weighted by Gasteiger charge is -2.09. The van der Waals surface area contributed by atoms with Crippen LogP contribution < -0.4 is 10.1 Å². The van der Waals surface area contributed by atoms with Crippen molar-refractivity contribution in [1.82, 2.24) is 5.32 Å². The molecule has 1 amide bonds. The molecule has 148 valence electrons. The van der Waals surface area contributed by atoms with Crippen molar-refractivity contribution in [1.29, 1.82) is 0 Å². The predicted molar refractivity (Wildman–Crippen MR) is 106 cm³/mol. The largest absolute Gasteiger partial charge is 0.489 e. The molecule has 1 N–H and O–H groups in total. The summed E-state index contributed by atoms with van der Waals surface area (Å²) in [5.41, 5.74) is 2.53. The minimum Gasteiger partial charge on any atom is -0.489 e. The van der Waals surface area contributed by atoms with Crippen LogP contribution in [0.3, 0.4) is 0 Å². The topological polar surface area (TPSA) is 81.5 Å². The quantitative estimate of drug-likeness (QED) is 0.471. The van der Waals surface area contributed by atoms with E-state index >= 15 is 0 Å². The molecule has 3 rings (SSSR count). The van der Waals surface area contributed by atoms with Gasteiger partial charge in [-0.15, -0.1) is 0 Å². The van der Waals surface area contributed by atoms with Gasteiger partial charge in [0.2, 0.25) is 0 Å². The molecule has 0 fully saturated rings. The number of rotatable bonds is 7. The number of hydrogen-bond acceptors (Lipinski definition) is 4. The van der Waals surface area contributed by atoms with Gasteiger partial charge in [0.05, 0.1) is 4.92 Å². The summed E-state index contributed by atoms with van der Waals surface area (Å²) in [6, 6.07) is 17.6. The smallest absolute Gasteiger partial charge is 0.272 e. The minimum absolute atomic E-state index is 0.0159. The molecule has 6 nitrogen and oxygen atoms in total. The van der Waals surface area contributed by atoms with Crippen LogP contribution in [0.4, 0.5) is 10.1 Å². The number of amides is 1. The molecule has 0 unspecified atom stereocenters. The Bertz CT molecular complexity index is 1020. The number of hydrogen-bond donors (Lipinski definition) is 1. The molecule has 0 aliphatic heterocycles. The summed E-state index contributed by atoms with van der Waals surface area (Å²) >= 11 is 0. The van der Waals surface area contributed by atoms with Crippen molar-refractivity contribution in [2.75, 3.05) is 0 Å². The molecule has 3 aromatic carbocycles. The first-order valence-electron chi connectivity index (χ1n) is 8.92. The van der Waals surface area contributed by atoms with Crippen LogP contribution in [0.1, 0.15) is 27.0 Å². The van der Waals surface area contributed by atoms with Crippen molar-refractivity contribution in [2.45, 2.75) is 20.1 Å². The van der Waals surface area contributed by atoms with E-state index in [0.29, 0.717) is 30.0 Å². The second-order valence-electron chi connectivity index (χ2n) is 6.50. The Labute approximate surface area is 167 Å².